The minimum Gasteiger partial charge on any atom is -0.504 e. The molecule has 2 aromatic carbocycles. The van der Waals surface area contributed by atoms with Crippen molar-refractivity contribution in [3.63, 3.8) is 0 Å². The van der Waals surface area contributed by atoms with E-state index in [1.807, 2.05) is 0 Å². The van der Waals surface area contributed by atoms with Gasteiger partial charge in [-0.05, 0) is 29.8 Å². The Morgan fingerprint density at radius 1 is 1.13 bits per heavy atom. The van der Waals surface area contributed by atoms with E-state index in [4.69, 9.17) is 19.0 Å². The van der Waals surface area contributed by atoms with Crippen LogP contribution in [0.1, 0.15) is 27.7 Å². The van der Waals surface area contributed by atoms with E-state index >= 15 is 0 Å². The minimum absolute atomic E-state index is 0.00194. The number of carbonyl (C=O) groups is 1. The summed E-state index contributed by atoms with van der Waals surface area (Å²) in [6.45, 7) is 0.387. The Morgan fingerprint density at radius 2 is 1.93 bits per heavy atom. The summed E-state index contributed by atoms with van der Waals surface area (Å²) >= 11 is 0. The molecule has 156 valence electrons. The first-order valence-corrected chi connectivity index (χ1v) is 9.49. The molecule has 1 amide bonds. The van der Waals surface area contributed by atoms with Crippen LogP contribution in [-0.2, 0) is 4.74 Å². The molecule has 0 saturated heterocycles. The molecule has 0 radical (unpaired) electrons. The number of carbonyl (C=O) groups excluding carboxylic acids is 1. The van der Waals surface area contributed by atoms with Gasteiger partial charge >= 0.3 is 0 Å². The van der Waals surface area contributed by atoms with E-state index in [-0.39, 0.29) is 54.6 Å². The lowest BCUT2D eigenvalue weighted by Gasteiger charge is -2.25. The van der Waals surface area contributed by atoms with Gasteiger partial charge in [-0.15, -0.1) is 0 Å². The van der Waals surface area contributed by atoms with Crippen molar-refractivity contribution in [2.24, 2.45) is 0 Å². The van der Waals surface area contributed by atoms with Crippen LogP contribution in [0.15, 0.2) is 51.7 Å². The highest BCUT2D eigenvalue weighted by Gasteiger charge is 2.42. The molecule has 0 bridgehead atoms. The van der Waals surface area contributed by atoms with Gasteiger partial charge in [-0.1, -0.05) is 18.2 Å². The molecule has 0 aliphatic carbocycles. The van der Waals surface area contributed by atoms with Gasteiger partial charge in [0, 0.05) is 6.54 Å². The maximum absolute atomic E-state index is 13.3. The summed E-state index contributed by atoms with van der Waals surface area (Å²) in [7, 11) is 1.43. The second kappa shape index (κ2) is 8.17. The van der Waals surface area contributed by atoms with Gasteiger partial charge in [-0.3, -0.25) is 9.59 Å². The first-order chi connectivity index (χ1) is 14.6. The Labute approximate surface area is 171 Å². The Bertz CT molecular complexity index is 1150. The van der Waals surface area contributed by atoms with Crippen molar-refractivity contribution in [3.05, 3.63) is 69.6 Å². The van der Waals surface area contributed by atoms with E-state index in [1.165, 1.54) is 18.1 Å². The third-order valence-corrected chi connectivity index (χ3v) is 5.10. The second-order valence-electron chi connectivity index (χ2n) is 6.84. The largest absolute Gasteiger partial charge is 0.504 e. The molecule has 1 aromatic heterocycles. The van der Waals surface area contributed by atoms with Gasteiger partial charge < -0.3 is 29.0 Å². The summed E-state index contributed by atoms with van der Waals surface area (Å²) in [4.78, 5) is 28.0. The summed E-state index contributed by atoms with van der Waals surface area (Å²) in [6, 6.07) is 10.8. The number of nitrogens with zero attached hydrogens (tertiary/aromatic N) is 1. The van der Waals surface area contributed by atoms with Crippen molar-refractivity contribution >= 4 is 16.9 Å². The maximum Gasteiger partial charge on any atom is 0.290 e. The molecule has 8 heteroatoms. The van der Waals surface area contributed by atoms with Crippen LogP contribution in [-0.4, -0.2) is 54.5 Å². The average molecular weight is 411 g/mol. The van der Waals surface area contributed by atoms with Crippen LogP contribution in [0.25, 0.3) is 11.0 Å². The number of phenols is 1. The SMILES string of the molecule is COc1cc([C@@H]2c3c(oc4ccccc4c3=O)C(=O)N2CCOCCO)ccc1O. The van der Waals surface area contributed by atoms with Crippen molar-refractivity contribution in [2.75, 3.05) is 33.5 Å². The number of hydrogen-bond acceptors (Lipinski definition) is 7. The van der Waals surface area contributed by atoms with Gasteiger partial charge in [0.05, 0.1) is 43.9 Å². The topological polar surface area (TPSA) is 109 Å². The van der Waals surface area contributed by atoms with Gasteiger partial charge in [0.1, 0.15) is 5.58 Å². The molecule has 1 aliphatic heterocycles. The van der Waals surface area contributed by atoms with Crippen molar-refractivity contribution in [1.82, 2.24) is 4.90 Å². The third-order valence-electron chi connectivity index (χ3n) is 5.10. The molecule has 0 unspecified atom stereocenters. The Kier molecular flexibility index (Phi) is 5.43. The number of fused-ring (bicyclic) bond motifs is 2. The fourth-order valence-corrected chi connectivity index (χ4v) is 3.74. The van der Waals surface area contributed by atoms with Crippen LogP contribution in [0.5, 0.6) is 11.5 Å². The second-order valence-corrected chi connectivity index (χ2v) is 6.84. The molecular weight excluding hydrogens is 390 g/mol. The lowest BCUT2D eigenvalue weighted by Crippen LogP contribution is -2.33. The van der Waals surface area contributed by atoms with Crippen molar-refractivity contribution in [1.29, 1.82) is 0 Å². The monoisotopic (exact) mass is 411 g/mol. The molecular formula is C22H21NO7. The number of rotatable bonds is 7. The van der Waals surface area contributed by atoms with Gasteiger partial charge in [0.25, 0.3) is 5.91 Å². The van der Waals surface area contributed by atoms with E-state index in [2.05, 4.69) is 0 Å². The first kappa shape index (κ1) is 19.9. The molecule has 4 rings (SSSR count). The van der Waals surface area contributed by atoms with Crippen molar-refractivity contribution in [3.8, 4) is 11.5 Å². The third kappa shape index (κ3) is 3.30. The predicted octanol–water partition coefficient (Wildman–Crippen LogP) is 2.06. The molecule has 1 atom stereocenters. The summed E-state index contributed by atoms with van der Waals surface area (Å²) < 4.78 is 16.4. The zero-order valence-electron chi connectivity index (χ0n) is 16.3. The van der Waals surface area contributed by atoms with Gasteiger partial charge in [-0.25, -0.2) is 0 Å². The van der Waals surface area contributed by atoms with Gasteiger partial charge in [-0.2, -0.15) is 0 Å². The summed E-state index contributed by atoms with van der Waals surface area (Å²) in [5.41, 5.74) is 0.904. The highest BCUT2D eigenvalue weighted by Crippen LogP contribution is 2.40. The number of methoxy groups -OCH3 is 1. The first-order valence-electron chi connectivity index (χ1n) is 9.49. The molecule has 8 nitrogen and oxygen atoms in total. The lowest BCUT2D eigenvalue weighted by molar-refractivity contribution is 0.0534. The summed E-state index contributed by atoms with van der Waals surface area (Å²) in [5, 5.41) is 19.3. The van der Waals surface area contributed by atoms with Crippen LogP contribution in [0.2, 0.25) is 0 Å². The fraction of sp³-hybridized carbons (Fsp3) is 0.273. The highest BCUT2D eigenvalue weighted by molar-refractivity contribution is 5.99. The van der Waals surface area contributed by atoms with E-state index < -0.39 is 11.9 Å². The van der Waals surface area contributed by atoms with Gasteiger partial charge in [0.2, 0.25) is 5.76 Å². The smallest absolute Gasteiger partial charge is 0.290 e. The molecule has 0 spiro atoms. The molecule has 3 aromatic rings. The summed E-state index contributed by atoms with van der Waals surface area (Å²) in [5.74, 6) is -0.236. The van der Waals surface area contributed by atoms with E-state index in [0.29, 0.717) is 16.5 Å². The average Bonchev–Trinajstić information content (AvgIpc) is 3.04. The van der Waals surface area contributed by atoms with E-state index in [9.17, 15) is 14.7 Å². The minimum atomic E-state index is -0.722. The Hall–Kier alpha value is -3.36. The van der Waals surface area contributed by atoms with Crippen LogP contribution >= 0.6 is 0 Å². The Balaban J connectivity index is 1.86. The molecule has 0 fully saturated rings. The zero-order chi connectivity index (χ0) is 21.3. The van der Waals surface area contributed by atoms with Crippen LogP contribution in [0.4, 0.5) is 0 Å². The molecule has 2 heterocycles. The quantitative estimate of drug-likeness (QED) is 0.573. The number of hydrogen-bond donors (Lipinski definition) is 2. The number of amides is 1. The van der Waals surface area contributed by atoms with E-state index in [1.54, 1.807) is 36.4 Å². The number of aliphatic hydroxyl groups is 1. The maximum atomic E-state index is 13.3. The van der Waals surface area contributed by atoms with Crippen molar-refractivity contribution < 1.29 is 28.9 Å². The number of phenolic OH excluding ortho intramolecular Hbond substituents is 1. The standard InChI is InChI=1S/C22H21NO7/c1-28-17-12-13(6-7-15(17)25)19-18-20(26)14-4-2-3-5-16(14)30-21(18)22(27)23(19)8-10-29-11-9-24/h2-7,12,19,24-25H,8-11H2,1H3/t19-/m1/s1. The normalized spacial score (nSPS) is 15.6. The zero-order valence-corrected chi connectivity index (χ0v) is 16.3. The number of ether oxygens (including phenoxy) is 2. The number of aromatic hydroxyl groups is 1. The van der Waals surface area contributed by atoms with Crippen molar-refractivity contribution in [2.45, 2.75) is 6.04 Å². The van der Waals surface area contributed by atoms with Crippen LogP contribution < -0.4 is 10.2 Å². The fourth-order valence-electron chi connectivity index (χ4n) is 3.74. The van der Waals surface area contributed by atoms with E-state index in [0.717, 1.165) is 0 Å². The van der Waals surface area contributed by atoms with Crippen LogP contribution in [0.3, 0.4) is 0 Å². The molecule has 30 heavy (non-hydrogen) atoms. The number of aliphatic hydroxyl groups excluding tert-OH is 1. The van der Waals surface area contributed by atoms with Crippen LogP contribution in [0, 0.1) is 0 Å². The summed E-state index contributed by atoms with van der Waals surface area (Å²) in [6.07, 6.45) is 0. The highest BCUT2D eigenvalue weighted by atomic mass is 16.5. The Morgan fingerprint density at radius 3 is 2.70 bits per heavy atom. The number of para-hydroxylation sites is 1. The number of benzene rings is 2. The molecule has 0 saturated carbocycles. The molecule has 2 N–H and O–H groups in total. The lowest BCUT2D eigenvalue weighted by atomic mass is 9.98. The molecule has 1 aliphatic rings. The van der Waals surface area contributed by atoms with Gasteiger partial charge in [0.15, 0.2) is 16.9 Å². The predicted molar refractivity (Wildman–Crippen MR) is 108 cm³/mol.